The Kier molecular flexibility index (Phi) is 6.37. The number of carbonyl (C=O) groups excluding carboxylic acids is 1. The number of fused-ring (bicyclic) bond motifs is 3. The molecule has 1 amide bonds. The van der Waals surface area contributed by atoms with Crippen LogP contribution in [-0.2, 0) is 28.9 Å². The Labute approximate surface area is 161 Å². The number of carbonyl (C=O) groups is 1. The minimum Gasteiger partial charge on any atom is -0.383 e. The minimum atomic E-state index is -0.0527. The van der Waals surface area contributed by atoms with Crippen molar-refractivity contribution in [1.82, 2.24) is 14.9 Å². The molecule has 1 aliphatic carbocycles. The van der Waals surface area contributed by atoms with Gasteiger partial charge in [0.25, 0.3) is 5.56 Å². The van der Waals surface area contributed by atoms with E-state index < -0.39 is 0 Å². The van der Waals surface area contributed by atoms with Crippen molar-refractivity contribution in [3.8, 4) is 0 Å². The maximum absolute atomic E-state index is 13.2. The first kappa shape index (κ1) is 19.4. The molecule has 0 unspecified atom stereocenters. The average molecular weight is 396 g/mol. The third kappa shape index (κ3) is 4.13. The lowest BCUT2D eigenvalue weighted by Crippen LogP contribution is -2.32. The molecule has 2 heterocycles. The van der Waals surface area contributed by atoms with Crippen LogP contribution in [0, 0.1) is 0 Å². The number of amides is 1. The van der Waals surface area contributed by atoms with E-state index in [0.29, 0.717) is 18.3 Å². The first-order valence-corrected chi connectivity index (χ1v) is 10.8. The smallest absolute Gasteiger partial charge is 0.263 e. The lowest BCUT2D eigenvalue weighted by Gasteiger charge is -2.13. The quantitative estimate of drug-likeness (QED) is 0.576. The highest BCUT2D eigenvalue weighted by Crippen LogP contribution is 2.34. The van der Waals surface area contributed by atoms with E-state index in [1.165, 1.54) is 28.6 Å². The van der Waals surface area contributed by atoms with E-state index in [4.69, 9.17) is 9.72 Å². The van der Waals surface area contributed by atoms with Gasteiger partial charge in [-0.15, -0.1) is 11.3 Å². The molecule has 2 aromatic rings. The second-order valence-corrected chi connectivity index (χ2v) is 8.77. The largest absolute Gasteiger partial charge is 0.383 e. The van der Waals surface area contributed by atoms with Gasteiger partial charge in [0.1, 0.15) is 4.83 Å². The lowest BCUT2D eigenvalue weighted by molar-refractivity contribution is -0.119. The van der Waals surface area contributed by atoms with Crippen molar-refractivity contribution >= 4 is 39.2 Å². The molecule has 0 bridgehead atoms. The van der Waals surface area contributed by atoms with E-state index in [2.05, 4.69) is 5.32 Å². The van der Waals surface area contributed by atoms with Crippen molar-refractivity contribution < 1.29 is 9.53 Å². The first-order valence-electron chi connectivity index (χ1n) is 8.97. The number of aromatic nitrogens is 2. The van der Waals surface area contributed by atoms with Gasteiger partial charge in [-0.25, -0.2) is 4.98 Å². The zero-order chi connectivity index (χ0) is 18.7. The van der Waals surface area contributed by atoms with Crippen molar-refractivity contribution in [3.63, 3.8) is 0 Å². The van der Waals surface area contributed by atoms with Crippen LogP contribution in [0.5, 0.6) is 0 Å². The second-order valence-electron chi connectivity index (χ2n) is 6.75. The predicted molar refractivity (Wildman–Crippen MR) is 106 cm³/mol. The van der Waals surface area contributed by atoms with Crippen molar-refractivity contribution in [2.75, 3.05) is 19.5 Å². The van der Waals surface area contributed by atoms with Gasteiger partial charge in [0, 0.05) is 18.0 Å². The molecule has 6 nitrogen and oxygen atoms in total. The van der Waals surface area contributed by atoms with Crippen LogP contribution in [-0.4, -0.2) is 41.0 Å². The van der Waals surface area contributed by atoms with Gasteiger partial charge in [0.05, 0.1) is 24.3 Å². The molecule has 0 radical (unpaired) electrons. The van der Waals surface area contributed by atoms with Gasteiger partial charge in [0.2, 0.25) is 5.91 Å². The average Bonchev–Trinajstić information content (AvgIpc) is 2.97. The highest BCUT2D eigenvalue weighted by atomic mass is 32.2. The minimum absolute atomic E-state index is 0.00165. The summed E-state index contributed by atoms with van der Waals surface area (Å²) in [5.41, 5.74) is 1.19. The van der Waals surface area contributed by atoms with Crippen LogP contribution >= 0.6 is 23.1 Å². The van der Waals surface area contributed by atoms with Crippen LogP contribution < -0.4 is 10.9 Å². The molecule has 26 heavy (non-hydrogen) atoms. The number of nitrogens with one attached hydrogen (secondary N) is 1. The number of rotatable bonds is 7. The van der Waals surface area contributed by atoms with Crippen molar-refractivity contribution in [2.45, 2.75) is 57.3 Å². The third-order valence-corrected chi connectivity index (χ3v) is 6.50. The Morgan fingerprint density at radius 1 is 1.38 bits per heavy atom. The molecule has 0 atom stereocenters. The van der Waals surface area contributed by atoms with E-state index in [0.717, 1.165) is 29.5 Å². The summed E-state index contributed by atoms with van der Waals surface area (Å²) in [7, 11) is 1.62. The summed E-state index contributed by atoms with van der Waals surface area (Å²) in [5, 5.41) is 4.24. The van der Waals surface area contributed by atoms with Crippen LogP contribution in [0.15, 0.2) is 9.95 Å². The molecular weight excluding hydrogens is 370 g/mol. The molecule has 0 spiro atoms. The molecule has 0 aliphatic heterocycles. The highest BCUT2D eigenvalue weighted by molar-refractivity contribution is 7.99. The normalized spacial score (nSPS) is 14.0. The standard InChI is InChI=1S/C18H25N3O3S2/c1-11(2)19-14(22)10-25-18-20-16-15(17(23)21(18)8-9-24-3)12-6-4-5-7-13(12)26-16/h11H,4-10H2,1-3H3,(H,19,22). The molecule has 1 aliphatic rings. The number of thioether (sulfide) groups is 1. The fourth-order valence-corrected chi connectivity index (χ4v) is 5.34. The molecule has 142 valence electrons. The number of aryl methyl sites for hydroxylation is 2. The number of ether oxygens (including phenoxy) is 1. The van der Waals surface area contributed by atoms with Crippen molar-refractivity contribution in [2.24, 2.45) is 0 Å². The van der Waals surface area contributed by atoms with Gasteiger partial charge < -0.3 is 10.1 Å². The van der Waals surface area contributed by atoms with E-state index in [1.54, 1.807) is 23.0 Å². The summed E-state index contributed by atoms with van der Waals surface area (Å²) in [6.45, 7) is 4.73. The molecule has 3 rings (SSSR count). The fraction of sp³-hybridized carbons (Fsp3) is 0.611. The van der Waals surface area contributed by atoms with E-state index in [1.807, 2.05) is 13.8 Å². The van der Waals surface area contributed by atoms with Crippen LogP contribution in [0.4, 0.5) is 0 Å². The molecule has 0 fully saturated rings. The zero-order valence-corrected chi connectivity index (χ0v) is 17.1. The Morgan fingerprint density at radius 2 is 2.15 bits per heavy atom. The van der Waals surface area contributed by atoms with Gasteiger partial charge in [0.15, 0.2) is 5.16 Å². The SMILES string of the molecule is COCCn1c(SCC(=O)NC(C)C)nc2sc3c(c2c1=O)CCCC3. The summed E-state index contributed by atoms with van der Waals surface area (Å²) < 4.78 is 6.83. The van der Waals surface area contributed by atoms with Crippen LogP contribution in [0.1, 0.15) is 37.1 Å². The number of hydrogen-bond acceptors (Lipinski definition) is 6. The van der Waals surface area contributed by atoms with Crippen LogP contribution in [0.3, 0.4) is 0 Å². The molecular formula is C18H25N3O3S2. The summed E-state index contributed by atoms with van der Waals surface area (Å²) in [6.07, 6.45) is 4.30. The molecule has 0 saturated heterocycles. The molecule has 8 heteroatoms. The predicted octanol–water partition coefficient (Wildman–Crippen LogP) is 2.60. The van der Waals surface area contributed by atoms with Crippen LogP contribution in [0.25, 0.3) is 10.2 Å². The molecule has 0 saturated carbocycles. The van der Waals surface area contributed by atoms with Gasteiger partial charge in [-0.2, -0.15) is 0 Å². The topological polar surface area (TPSA) is 73.2 Å². The fourth-order valence-electron chi connectivity index (χ4n) is 3.20. The van der Waals surface area contributed by atoms with Gasteiger partial charge in [-0.05, 0) is 45.1 Å². The molecule has 1 N–H and O–H groups in total. The summed E-state index contributed by atoms with van der Waals surface area (Å²) in [5.74, 6) is 0.192. The van der Waals surface area contributed by atoms with Gasteiger partial charge in [-0.3, -0.25) is 14.2 Å². The van der Waals surface area contributed by atoms with E-state index in [-0.39, 0.29) is 23.3 Å². The monoisotopic (exact) mass is 395 g/mol. The molecule has 2 aromatic heterocycles. The van der Waals surface area contributed by atoms with Crippen molar-refractivity contribution in [1.29, 1.82) is 0 Å². The highest BCUT2D eigenvalue weighted by Gasteiger charge is 2.22. The Hall–Kier alpha value is -1.38. The number of methoxy groups -OCH3 is 1. The number of hydrogen-bond donors (Lipinski definition) is 1. The van der Waals surface area contributed by atoms with Crippen LogP contribution in [0.2, 0.25) is 0 Å². The van der Waals surface area contributed by atoms with E-state index >= 15 is 0 Å². The molecule has 0 aromatic carbocycles. The summed E-state index contributed by atoms with van der Waals surface area (Å²) in [4.78, 5) is 32.0. The zero-order valence-electron chi connectivity index (χ0n) is 15.5. The van der Waals surface area contributed by atoms with Gasteiger partial charge in [-0.1, -0.05) is 11.8 Å². The Bertz CT molecular complexity index is 857. The van der Waals surface area contributed by atoms with Gasteiger partial charge >= 0.3 is 0 Å². The number of nitrogens with zero attached hydrogens (tertiary/aromatic N) is 2. The first-order chi connectivity index (χ1) is 12.5. The van der Waals surface area contributed by atoms with Crippen molar-refractivity contribution in [3.05, 3.63) is 20.8 Å². The van der Waals surface area contributed by atoms with E-state index in [9.17, 15) is 9.59 Å². The maximum atomic E-state index is 13.2. The summed E-state index contributed by atoms with van der Waals surface area (Å²) in [6, 6.07) is 0.0956. The number of thiophene rings is 1. The lowest BCUT2D eigenvalue weighted by atomic mass is 9.97. The Morgan fingerprint density at radius 3 is 2.88 bits per heavy atom. The third-order valence-electron chi connectivity index (χ3n) is 4.34. The summed E-state index contributed by atoms with van der Waals surface area (Å²) >= 11 is 2.95. The maximum Gasteiger partial charge on any atom is 0.263 e. The Balaban J connectivity index is 1.97. The second kappa shape index (κ2) is 8.54.